The molecule has 0 aliphatic rings. The molecule has 0 fully saturated rings. The minimum Gasteiger partial charge on any atom is -0.494 e. The van der Waals surface area contributed by atoms with E-state index in [-0.39, 0.29) is 0 Å². The van der Waals surface area contributed by atoms with Gasteiger partial charge in [0.1, 0.15) is 11.6 Å². The van der Waals surface area contributed by atoms with Gasteiger partial charge in [-0.1, -0.05) is 58.8 Å². The van der Waals surface area contributed by atoms with Gasteiger partial charge in [-0.15, -0.1) is 22.7 Å². The van der Waals surface area contributed by atoms with E-state index >= 15 is 0 Å². The molecule has 5 aromatic rings. The van der Waals surface area contributed by atoms with Crippen molar-refractivity contribution < 1.29 is 4.74 Å². The number of imidazole rings is 1. The maximum absolute atomic E-state index is 6.04. The molecule has 2 aromatic carbocycles. The van der Waals surface area contributed by atoms with Crippen LogP contribution in [-0.2, 0) is 6.54 Å². The van der Waals surface area contributed by atoms with E-state index in [1.165, 1.54) is 77.1 Å². The number of hydrogen-bond acceptors (Lipinski definition) is 4. The zero-order valence-corrected chi connectivity index (χ0v) is 22.6. The molecule has 0 amide bonds. The molecule has 5 rings (SSSR count). The summed E-state index contributed by atoms with van der Waals surface area (Å²) in [5, 5.41) is 7.06. The van der Waals surface area contributed by atoms with Gasteiger partial charge in [0.15, 0.2) is 0 Å². The zero-order chi connectivity index (χ0) is 24.0. The highest BCUT2D eigenvalue weighted by Gasteiger charge is 2.20. The van der Waals surface area contributed by atoms with Gasteiger partial charge in [-0.3, -0.25) is 0 Å². The summed E-state index contributed by atoms with van der Waals surface area (Å²) in [7, 11) is 0. The summed E-state index contributed by atoms with van der Waals surface area (Å²) < 4.78 is 11.3. The topological polar surface area (TPSA) is 27.1 Å². The number of nitrogens with zero attached hydrogens (tertiary/aromatic N) is 2. The number of unbranched alkanes of at least 4 members (excludes halogenated alkanes) is 7. The number of hydrogen-bond donors (Lipinski definition) is 0. The van der Waals surface area contributed by atoms with E-state index in [0.29, 0.717) is 0 Å². The molecule has 0 radical (unpaired) electrons. The summed E-state index contributed by atoms with van der Waals surface area (Å²) in [4.78, 5) is 5.27. The Morgan fingerprint density at radius 1 is 0.743 bits per heavy atom. The van der Waals surface area contributed by atoms with Gasteiger partial charge in [0.25, 0.3) is 0 Å². The van der Waals surface area contributed by atoms with Gasteiger partial charge in [-0.05, 0) is 60.0 Å². The lowest BCUT2D eigenvalue weighted by molar-refractivity contribution is 0.304. The van der Waals surface area contributed by atoms with Crippen molar-refractivity contribution in [2.75, 3.05) is 6.61 Å². The zero-order valence-electron chi connectivity index (χ0n) is 21.0. The first-order chi connectivity index (χ1) is 17.3. The van der Waals surface area contributed by atoms with Crippen molar-refractivity contribution in [2.45, 2.75) is 78.2 Å². The lowest BCUT2D eigenvalue weighted by Crippen LogP contribution is -2.01. The first-order valence-corrected chi connectivity index (χ1v) is 15.1. The standard InChI is InChI=1S/C30H36N2OS2/c1-3-5-7-8-9-11-19-33-23-14-12-22(13-15-23)30-31-26-24-16-20-34-28(24)29-25(17-21-35-29)27(26)32(30)18-10-6-4-2/h12-17,20-21H,3-11,18-19H2,1-2H3. The third kappa shape index (κ3) is 5.12. The monoisotopic (exact) mass is 504 g/mol. The van der Waals surface area contributed by atoms with Gasteiger partial charge in [0, 0.05) is 22.9 Å². The number of rotatable bonds is 13. The quantitative estimate of drug-likeness (QED) is 0.149. The van der Waals surface area contributed by atoms with Crippen LogP contribution in [-0.4, -0.2) is 16.2 Å². The molecule has 3 heterocycles. The third-order valence-corrected chi connectivity index (χ3v) is 8.87. The summed E-state index contributed by atoms with van der Waals surface area (Å²) >= 11 is 3.68. The van der Waals surface area contributed by atoms with Crippen LogP contribution >= 0.6 is 22.7 Å². The summed E-state index contributed by atoms with van der Waals surface area (Å²) in [6, 6.07) is 13.1. The predicted molar refractivity (Wildman–Crippen MR) is 154 cm³/mol. The van der Waals surface area contributed by atoms with E-state index < -0.39 is 0 Å². The van der Waals surface area contributed by atoms with Crippen LogP contribution in [0.25, 0.3) is 42.6 Å². The van der Waals surface area contributed by atoms with Crippen molar-refractivity contribution in [2.24, 2.45) is 0 Å². The number of benzene rings is 2. The molecule has 0 bridgehead atoms. The van der Waals surface area contributed by atoms with Crippen molar-refractivity contribution in [1.29, 1.82) is 0 Å². The van der Waals surface area contributed by atoms with E-state index in [4.69, 9.17) is 9.72 Å². The molecule has 0 atom stereocenters. The fraction of sp³-hybridized carbons (Fsp3) is 0.433. The Bertz CT molecular complexity index is 1380. The Kier molecular flexibility index (Phi) is 8.05. The van der Waals surface area contributed by atoms with E-state index in [9.17, 15) is 0 Å². The number of aromatic nitrogens is 2. The maximum atomic E-state index is 6.04. The molecule has 5 heteroatoms. The SMILES string of the molecule is CCCCCCCCOc1ccc(-c2nc3c4ccsc4c4sccc4c3n2CCCCC)cc1. The Morgan fingerprint density at radius 3 is 2.17 bits per heavy atom. The second-order valence-electron chi connectivity index (χ2n) is 9.46. The average Bonchev–Trinajstić information content (AvgIpc) is 3.62. The van der Waals surface area contributed by atoms with Crippen molar-refractivity contribution in [3.8, 4) is 17.1 Å². The van der Waals surface area contributed by atoms with Crippen LogP contribution in [0.15, 0.2) is 47.2 Å². The molecule has 3 nitrogen and oxygen atoms in total. The molecule has 0 unspecified atom stereocenters. The highest BCUT2D eigenvalue weighted by atomic mass is 32.1. The summed E-state index contributed by atoms with van der Waals surface area (Å²) in [6.45, 7) is 6.32. The first kappa shape index (κ1) is 24.3. The second-order valence-corrected chi connectivity index (χ2v) is 11.3. The fourth-order valence-corrected chi connectivity index (χ4v) is 6.97. The third-order valence-electron chi connectivity index (χ3n) is 6.88. The van der Waals surface area contributed by atoms with Gasteiger partial charge >= 0.3 is 0 Å². The molecule has 0 aliphatic heterocycles. The highest BCUT2D eigenvalue weighted by molar-refractivity contribution is 7.25. The lowest BCUT2D eigenvalue weighted by atomic mass is 10.1. The van der Waals surface area contributed by atoms with Gasteiger partial charge in [-0.25, -0.2) is 4.98 Å². The van der Waals surface area contributed by atoms with E-state index in [1.54, 1.807) is 0 Å². The predicted octanol–water partition coefficient (Wildman–Crippen LogP) is 10.1. The Hall–Kier alpha value is -2.37. The van der Waals surface area contributed by atoms with Crippen molar-refractivity contribution in [1.82, 2.24) is 9.55 Å². The van der Waals surface area contributed by atoms with E-state index in [2.05, 4.69) is 65.6 Å². The summed E-state index contributed by atoms with van der Waals surface area (Å²) in [5.74, 6) is 2.03. The molecule has 3 aromatic heterocycles. The van der Waals surface area contributed by atoms with Crippen LogP contribution < -0.4 is 4.74 Å². The number of aryl methyl sites for hydroxylation is 1. The smallest absolute Gasteiger partial charge is 0.141 e. The Morgan fingerprint density at radius 2 is 1.40 bits per heavy atom. The van der Waals surface area contributed by atoms with Gasteiger partial charge in [0.05, 0.1) is 27.0 Å². The van der Waals surface area contributed by atoms with Gasteiger partial charge in [0.2, 0.25) is 0 Å². The van der Waals surface area contributed by atoms with Crippen LogP contribution in [0.5, 0.6) is 5.75 Å². The minimum atomic E-state index is 0.799. The van der Waals surface area contributed by atoms with Gasteiger partial charge < -0.3 is 9.30 Å². The number of fused-ring (bicyclic) bond motifs is 6. The van der Waals surface area contributed by atoms with Crippen LogP contribution in [0.4, 0.5) is 0 Å². The van der Waals surface area contributed by atoms with Crippen LogP contribution in [0, 0.1) is 0 Å². The molecule has 35 heavy (non-hydrogen) atoms. The van der Waals surface area contributed by atoms with Crippen LogP contribution in [0.1, 0.15) is 71.6 Å². The molecule has 0 aliphatic carbocycles. The largest absolute Gasteiger partial charge is 0.494 e. The highest BCUT2D eigenvalue weighted by Crippen LogP contribution is 2.42. The van der Waals surface area contributed by atoms with Crippen molar-refractivity contribution >= 4 is 53.9 Å². The first-order valence-electron chi connectivity index (χ1n) is 13.3. The molecular formula is C30H36N2OS2. The van der Waals surface area contributed by atoms with Crippen LogP contribution in [0.2, 0.25) is 0 Å². The Balaban J connectivity index is 1.43. The molecule has 0 N–H and O–H groups in total. The van der Waals surface area contributed by atoms with Crippen LogP contribution in [0.3, 0.4) is 0 Å². The summed E-state index contributed by atoms with van der Waals surface area (Å²) in [5.41, 5.74) is 3.60. The van der Waals surface area contributed by atoms with E-state index in [0.717, 1.165) is 42.2 Å². The number of ether oxygens (including phenoxy) is 1. The second kappa shape index (κ2) is 11.6. The molecular weight excluding hydrogens is 468 g/mol. The molecule has 0 saturated carbocycles. The van der Waals surface area contributed by atoms with Crippen molar-refractivity contribution in [3.63, 3.8) is 0 Å². The van der Waals surface area contributed by atoms with Gasteiger partial charge in [-0.2, -0.15) is 0 Å². The normalized spacial score (nSPS) is 11.8. The summed E-state index contributed by atoms with van der Waals surface area (Å²) in [6.07, 6.45) is 11.3. The molecule has 184 valence electrons. The van der Waals surface area contributed by atoms with Crippen molar-refractivity contribution in [3.05, 3.63) is 47.2 Å². The fourth-order valence-electron chi connectivity index (χ4n) is 4.99. The molecule has 0 saturated heterocycles. The minimum absolute atomic E-state index is 0.799. The Labute approximate surface area is 216 Å². The molecule has 0 spiro atoms. The average molecular weight is 505 g/mol. The lowest BCUT2D eigenvalue weighted by Gasteiger charge is -2.11. The number of thiophene rings is 2. The maximum Gasteiger partial charge on any atom is 0.141 e. The van der Waals surface area contributed by atoms with E-state index in [1.807, 2.05) is 22.7 Å².